The van der Waals surface area contributed by atoms with E-state index in [1.165, 1.54) is 0 Å². The third-order valence-electron chi connectivity index (χ3n) is 4.97. The van der Waals surface area contributed by atoms with Gasteiger partial charge in [-0.15, -0.1) is 24.0 Å². The molecule has 9 heteroatoms. The van der Waals surface area contributed by atoms with E-state index >= 15 is 0 Å². The molecule has 2 heterocycles. The van der Waals surface area contributed by atoms with Crippen molar-refractivity contribution in [2.45, 2.75) is 19.8 Å². The van der Waals surface area contributed by atoms with E-state index in [-0.39, 0.29) is 36.5 Å². The third-order valence-corrected chi connectivity index (χ3v) is 4.97. The van der Waals surface area contributed by atoms with Crippen LogP contribution in [0.5, 0.6) is 17.2 Å². The Morgan fingerprint density at radius 2 is 1.88 bits per heavy atom. The predicted molar refractivity (Wildman–Crippen MR) is 136 cm³/mol. The van der Waals surface area contributed by atoms with Crippen molar-refractivity contribution in [1.82, 2.24) is 5.32 Å². The number of benzene rings is 2. The van der Waals surface area contributed by atoms with Crippen molar-refractivity contribution < 1.29 is 19.0 Å². The molecule has 0 aliphatic carbocycles. The molecule has 32 heavy (non-hydrogen) atoms. The van der Waals surface area contributed by atoms with Crippen LogP contribution in [0.15, 0.2) is 47.5 Å². The third kappa shape index (κ3) is 5.96. The summed E-state index contributed by atoms with van der Waals surface area (Å²) < 4.78 is 16.9. The van der Waals surface area contributed by atoms with Crippen LogP contribution in [-0.4, -0.2) is 51.3 Å². The second kappa shape index (κ2) is 11.8. The largest absolute Gasteiger partial charge is 0.490 e. The zero-order chi connectivity index (χ0) is 21.5. The molecular formula is C23H29IN4O4. The Morgan fingerprint density at radius 3 is 2.72 bits per heavy atom. The summed E-state index contributed by atoms with van der Waals surface area (Å²) in [6.45, 7) is 5.32. The SMILES string of the molecule is CCNC(=NCCCN1C(=O)COc2ccccc21)Nc1ccc2c(c1)OCCCO2.I. The highest BCUT2D eigenvalue weighted by atomic mass is 127. The molecule has 2 N–H and O–H groups in total. The number of fused-ring (bicyclic) bond motifs is 2. The van der Waals surface area contributed by atoms with Crippen molar-refractivity contribution in [3.05, 3.63) is 42.5 Å². The molecule has 2 aromatic carbocycles. The second-order valence-electron chi connectivity index (χ2n) is 7.25. The summed E-state index contributed by atoms with van der Waals surface area (Å²) in [7, 11) is 0. The lowest BCUT2D eigenvalue weighted by Gasteiger charge is -2.29. The Kier molecular flexibility index (Phi) is 8.83. The Labute approximate surface area is 205 Å². The number of ether oxygens (including phenoxy) is 3. The quantitative estimate of drug-likeness (QED) is 0.247. The Bertz CT molecular complexity index is 953. The number of nitrogens with one attached hydrogen (secondary N) is 2. The molecule has 0 spiro atoms. The number of para-hydroxylation sites is 2. The van der Waals surface area contributed by atoms with E-state index in [9.17, 15) is 4.79 Å². The van der Waals surface area contributed by atoms with Gasteiger partial charge in [-0.2, -0.15) is 0 Å². The molecule has 0 bridgehead atoms. The molecule has 2 aromatic rings. The van der Waals surface area contributed by atoms with Crippen molar-refractivity contribution in [2.75, 3.05) is 49.7 Å². The monoisotopic (exact) mass is 552 g/mol. The number of aliphatic imine (C=N–C) groups is 1. The van der Waals surface area contributed by atoms with Gasteiger partial charge < -0.3 is 29.7 Å². The van der Waals surface area contributed by atoms with Gasteiger partial charge in [0, 0.05) is 37.8 Å². The summed E-state index contributed by atoms with van der Waals surface area (Å²) in [5.41, 5.74) is 1.70. The maximum absolute atomic E-state index is 12.3. The molecule has 0 saturated carbocycles. The number of carbonyl (C=O) groups is 1. The lowest BCUT2D eigenvalue weighted by Crippen LogP contribution is -2.39. The smallest absolute Gasteiger partial charge is 0.265 e. The lowest BCUT2D eigenvalue weighted by atomic mass is 10.2. The minimum Gasteiger partial charge on any atom is -0.490 e. The van der Waals surface area contributed by atoms with E-state index in [1.807, 2.05) is 49.4 Å². The van der Waals surface area contributed by atoms with Gasteiger partial charge in [-0.3, -0.25) is 9.79 Å². The van der Waals surface area contributed by atoms with Crippen LogP contribution in [-0.2, 0) is 4.79 Å². The van der Waals surface area contributed by atoms with Crippen LogP contribution < -0.4 is 29.7 Å². The van der Waals surface area contributed by atoms with Crippen molar-refractivity contribution in [3.63, 3.8) is 0 Å². The topological polar surface area (TPSA) is 84.4 Å². The number of hydrogen-bond donors (Lipinski definition) is 2. The van der Waals surface area contributed by atoms with Crippen molar-refractivity contribution >= 4 is 47.2 Å². The van der Waals surface area contributed by atoms with Crippen LogP contribution >= 0.6 is 24.0 Å². The highest BCUT2D eigenvalue weighted by Gasteiger charge is 2.24. The number of nitrogens with zero attached hydrogens (tertiary/aromatic N) is 2. The minimum absolute atomic E-state index is 0. The van der Waals surface area contributed by atoms with E-state index in [1.54, 1.807) is 4.90 Å². The summed E-state index contributed by atoms with van der Waals surface area (Å²) in [5, 5.41) is 6.57. The first kappa shape index (κ1) is 24.0. The standard InChI is InChI=1S/C23H28N4O4.HI/c1-2-24-23(26-17-9-10-20-21(15-17)30-14-6-13-29-20)25-11-5-12-27-18-7-3-4-8-19(18)31-16-22(27)28;/h3-4,7-10,15H,2,5-6,11-14,16H2,1H3,(H2,24,25,26);1H. The average molecular weight is 552 g/mol. The Hall–Kier alpha value is -2.69. The predicted octanol–water partition coefficient (Wildman–Crippen LogP) is 3.66. The molecule has 0 aromatic heterocycles. The van der Waals surface area contributed by atoms with E-state index in [0.717, 1.165) is 48.0 Å². The molecule has 4 rings (SSSR count). The lowest BCUT2D eigenvalue weighted by molar-refractivity contribution is -0.121. The van der Waals surface area contributed by atoms with Gasteiger partial charge in [0.2, 0.25) is 0 Å². The van der Waals surface area contributed by atoms with Gasteiger partial charge in [-0.25, -0.2) is 0 Å². The van der Waals surface area contributed by atoms with Crippen molar-refractivity contribution in [3.8, 4) is 17.2 Å². The number of halogens is 1. The van der Waals surface area contributed by atoms with E-state index in [0.29, 0.717) is 32.3 Å². The summed E-state index contributed by atoms with van der Waals surface area (Å²) >= 11 is 0. The summed E-state index contributed by atoms with van der Waals surface area (Å²) in [5.74, 6) is 2.91. The summed E-state index contributed by atoms with van der Waals surface area (Å²) in [6, 6.07) is 13.4. The number of rotatable bonds is 6. The van der Waals surface area contributed by atoms with Crippen LogP contribution in [0.3, 0.4) is 0 Å². The highest BCUT2D eigenvalue weighted by molar-refractivity contribution is 14.0. The Balaban J connectivity index is 0.00000289. The maximum Gasteiger partial charge on any atom is 0.265 e. The van der Waals surface area contributed by atoms with Gasteiger partial charge in [-0.05, 0) is 37.6 Å². The molecular weight excluding hydrogens is 523 g/mol. The first-order valence-electron chi connectivity index (χ1n) is 10.7. The van der Waals surface area contributed by atoms with Gasteiger partial charge in [0.05, 0.1) is 18.9 Å². The fourth-order valence-corrected chi connectivity index (χ4v) is 3.50. The van der Waals surface area contributed by atoms with E-state index in [4.69, 9.17) is 14.2 Å². The molecule has 0 radical (unpaired) electrons. The number of anilines is 2. The van der Waals surface area contributed by atoms with E-state index in [2.05, 4.69) is 15.6 Å². The van der Waals surface area contributed by atoms with Crippen LogP contribution in [0.1, 0.15) is 19.8 Å². The summed E-state index contributed by atoms with van der Waals surface area (Å²) in [6.07, 6.45) is 1.61. The molecule has 0 fully saturated rings. The van der Waals surface area contributed by atoms with Gasteiger partial charge in [0.15, 0.2) is 24.1 Å². The fraction of sp³-hybridized carbons (Fsp3) is 0.391. The van der Waals surface area contributed by atoms with Crippen LogP contribution in [0.2, 0.25) is 0 Å². The van der Waals surface area contributed by atoms with Crippen molar-refractivity contribution in [1.29, 1.82) is 0 Å². The van der Waals surface area contributed by atoms with Gasteiger partial charge in [0.25, 0.3) is 5.91 Å². The molecule has 0 saturated heterocycles. The zero-order valence-electron chi connectivity index (χ0n) is 18.1. The number of hydrogen-bond acceptors (Lipinski definition) is 5. The van der Waals surface area contributed by atoms with Crippen LogP contribution in [0, 0.1) is 0 Å². The first-order valence-corrected chi connectivity index (χ1v) is 10.7. The molecule has 0 atom stereocenters. The normalized spacial score (nSPS) is 15.1. The van der Waals surface area contributed by atoms with E-state index < -0.39 is 0 Å². The van der Waals surface area contributed by atoms with Gasteiger partial charge in [0.1, 0.15) is 5.75 Å². The van der Waals surface area contributed by atoms with Crippen molar-refractivity contribution in [2.24, 2.45) is 4.99 Å². The molecule has 172 valence electrons. The second-order valence-corrected chi connectivity index (χ2v) is 7.25. The Morgan fingerprint density at radius 1 is 1.06 bits per heavy atom. The zero-order valence-corrected chi connectivity index (χ0v) is 20.5. The van der Waals surface area contributed by atoms with Gasteiger partial charge >= 0.3 is 0 Å². The number of guanidine groups is 1. The average Bonchev–Trinajstić information content (AvgIpc) is 3.03. The van der Waals surface area contributed by atoms with Gasteiger partial charge in [-0.1, -0.05) is 12.1 Å². The van der Waals surface area contributed by atoms with Crippen LogP contribution in [0.4, 0.5) is 11.4 Å². The van der Waals surface area contributed by atoms with Crippen LogP contribution in [0.25, 0.3) is 0 Å². The first-order chi connectivity index (χ1) is 15.2. The molecule has 0 unspecified atom stereocenters. The molecule has 2 aliphatic heterocycles. The number of carbonyl (C=O) groups excluding carboxylic acids is 1. The number of amides is 1. The highest BCUT2D eigenvalue weighted by Crippen LogP contribution is 2.32. The molecule has 1 amide bonds. The fourth-order valence-electron chi connectivity index (χ4n) is 3.50. The molecule has 2 aliphatic rings. The summed E-state index contributed by atoms with van der Waals surface area (Å²) in [4.78, 5) is 18.7. The minimum atomic E-state index is -0.0279. The maximum atomic E-state index is 12.3. The molecule has 8 nitrogen and oxygen atoms in total.